The van der Waals surface area contributed by atoms with E-state index in [1.807, 2.05) is 18.2 Å². The van der Waals surface area contributed by atoms with Gasteiger partial charge in [0.05, 0.1) is 5.56 Å². The molecule has 1 aromatic carbocycles. The second-order valence-corrected chi connectivity index (χ2v) is 9.36. The number of anilines is 2. The normalized spacial score (nSPS) is 16.7. The minimum absolute atomic E-state index is 0.356. The summed E-state index contributed by atoms with van der Waals surface area (Å²) in [5, 5.41) is 4.90. The SMILES string of the molecule is COn1c(=O)c(C2=C(Cl)CCC=C2Cl)cc2cnc(Nc3cccc(CN4CCCC4)c3)nc21. The molecule has 1 fully saturated rings. The number of pyridine rings is 1. The van der Waals surface area contributed by atoms with E-state index in [2.05, 4.69) is 32.3 Å². The first-order valence-corrected chi connectivity index (χ1v) is 12.1. The third-order valence-corrected chi connectivity index (χ3v) is 6.86. The van der Waals surface area contributed by atoms with Crippen molar-refractivity contribution >= 4 is 51.4 Å². The summed E-state index contributed by atoms with van der Waals surface area (Å²) in [7, 11) is 1.43. The van der Waals surface area contributed by atoms with Crippen molar-refractivity contribution in [3.05, 3.63) is 74.1 Å². The molecule has 7 nitrogen and oxygen atoms in total. The Balaban J connectivity index is 1.48. The Kier molecular flexibility index (Phi) is 6.59. The third-order valence-electron chi connectivity index (χ3n) is 6.14. The van der Waals surface area contributed by atoms with Crippen molar-refractivity contribution in [1.29, 1.82) is 0 Å². The Bertz CT molecular complexity index is 1360. The molecule has 176 valence electrons. The number of halogens is 2. The van der Waals surface area contributed by atoms with Crippen LogP contribution in [0, 0.1) is 0 Å². The third kappa shape index (κ3) is 4.56. The Morgan fingerprint density at radius 3 is 2.76 bits per heavy atom. The molecule has 2 aliphatic rings. The van der Waals surface area contributed by atoms with E-state index in [1.165, 1.54) is 25.5 Å². The van der Waals surface area contributed by atoms with Gasteiger partial charge >= 0.3 is 0 Å². The second kappa shape index (κ2) is 9.78. The predicted octanol–water partition coefficient (Wildman–Crippen LogP) is 5.06. The zero-order chi connectivity index (χ0) is 23.7. The summed E-state index contributed by atoms with van der Waals surface area (Å²) in [6.07, 6.45) is 7.42. The molecule has 0 bridgehead atoms. The molecule has 0 amide bonds. The van der Waals surface area contributed by atoms with Crippen molar-refractivity contribution < 1.29 is 4.84 Å². The Morgan fingerprint density at radius 1 is 1.18 bits per heavy atom. The zero-order valence-corrected chi connectivity index (χ0v) is 20.4. The van der Waals surface area contributed by atoms with Gasteiger partial charge in [0.25, 0.3) is 5.56 Å². The number of hydrogen-bond donors (Lipinski definition) is 1. The van der Waals surface area contributed by atoms with Gasteiger partial charge in [0.15, 0.2) is 5.65 Å². The molecular weight excluding hydrogens is 473 g/mol. The van der Waals surface area contributed by atoms with E-state index in [4.69, 9.17) is 28.0 Å². The lowest BCUT2D eigenvalue weighted by Gasteiger charge is -2.17. The summed E-state index contributed by atoms with van der Waals surface area (Å²) in [5.74, 6) is 0.372. The summed E-state index contributed by atoms with van der Waals surface area (Å²) in [4.78, 5) is 30.2. The maximum absolute atomic E-state index is 13.3. The molecule has 9 heteroatoms. The van der Waals surface area contributed by atoms with Crippen LogP contribution in [0.3, 0.4) is 0 Å². The van der Waals surface area contributed by atoms with Gasteiger partial charge in [0, 0.05) is 39.5 Å². The number of likely N-dealkylation sites (tertiary alicyclic amines) is 1. The lowest BCUT2D eigenvalue weighted by atomic mass is 9.99. The molecule has 3 aromatic rings. The molecule has 5 rings (SSSR count). The number of nitrogens with one attached hydrogen (secondary N) is 1. The van der Waals surface area contributed by atoms with Crippen LogP contribution in [-0.2, 0) is 6.54 Å². The number of benzene rings is 1. The molecule has 1 aliphatic carbocycles. The van der Waals surface area contributed by atoms with Crippen molar-refractivity contribution in [2.75, 3.05) is 25.5 Å². The van der Waals surface area contributed by atoms with Crippen LogP contribution in [0.25, 0.3) is 16.6 Å². The molecule has 0 radical (unpaired) electrons. The molecular formula is C25H25Cl2N5O2. The van der Waals surface area contributed by atoms with Crippen LogP contribution in [-0.4, -0.2) is 39.8 Å². The van der Waals surface area contributed by atoms with Crippen molar-refractivity contribution in [3.8, 4) is 0 Å². The highest BCUT2D eigenvalue weighted by Gasteiger charge is 2.22. The van der Waals surface area contributed by atoms with Gasteiger partial charge in [-0.2, -0.15) is 4.98 Å². The molecule has 1 saturated heterocycles. The van der Waals surface area contributed by atoms with Crippen molar-refractivity contribution in [2.45, 2.75) is 32.2 Å². The highest BCUT2D eigenvalue weighted by Crippen LogP contribution is 2.36. The maximum atomic E-state index is 13.3. The summed E-state index contributed by atoms with van der Waals surface area (Å²) < 4.78 is 1.15. The average Bonchev–Trinajstić information content (AvgIpc) is 3.33. The molecule has 1 aliphatic heterocycles. The van der Waals surface area contributed by atoms with Crippen LogP contribution in [0.2, 0.25) is 0 Å². The molecule has 3 heterocycles. The minimum Gasteiger partial charge on any atom is -0.412 e. The zero-order valence-electron chi connectivity index (χ0n) is 18.9. The summed E-state index contributed by atoms with van der Waals surface area (Å²) in [5.41, 5.74) is 2.98. The summed E-state index contributed by atoms with van der Waals surface area (Å²) in [6, 6.07) is 9.93. The highest BCUT2D eigenvalue weighted by molar-refractivity contribution is 6.42. The standard InChI is InChI=1S/C25H25Cl2N5O2/c1-34-32-23-17(13-19(24(32)33)22-20(26)8-5-9-21(22)27)14-28-25(30-23)29-18-7-4-6-16(12-18)15-31-10-2-3-11-31/h4,6-8,12-14H,2-3,5,9-11,15H2,1H3,(H,28,29,30). The second-order valence-electron chi connectivity index (χ2n) is 8.49. The summed E-state index contributed by atoms with van der Waals surface area (Å²) in [6.45, 7) is 3.21. The number of fused-ring (bicyclic) bond motifs is 1. The highest BCUT2D eigenvalue weighted by atomic mass is 35.5. The van der Waals surface area contributed by atoms with Crippen LogP contribution >= 0.6 is 23.2 Å². The van der Waals surface area contributed by atoms with E-state index >= 15 is 0 Å². The number of hydrogen-bond acceptors (Lipinski definition) is 6. The van der Waals surface area contributed by atoms with Gasteiger partial charge in [0.1, 0.15) is 7.11 Å². The Hall–Kier alpha value is -2.87. The fourth-order valence-electron chi connectivity index (χ4n) is 4.51. The van der Waals surface area contributed by atoms with Crippen LogP contribution in [0.5, 0.6) is 0 Å². The van der Waals surface area contributed by atoms with Gasteiger partial charge in [0.2, 0.25) is 5.95 Å². The van der Waals surface area contributed by atoms with Crippen LogP contribution in [0.4, 0.5) is 11.6 Å². The van der Waals surface area contributed by atoms with Gasteiger partial charge < -0.3 is 10.2 Å². The van der Waals surface area contributed by atoms with E-state index in [9.17, 15) is 4.79 Å². The number of rotatable bonds is 6. The van der Waals surface area contributed by atoms with Crippen molar-refractivity contribution in [1.82, 2.24) is 19.6 Å². The van der Waals surface area contributed by atoms with Crippen LogP contribution in [0.1, 0.15) is 36.8 Å². The van der Waals surface area contributed by atoms with Gasteiger partial charge in [-0.15, -0.1) is 4.73 Å². The maximum Gasteiger partial charge on any atom is 0.293 e. The molecule has 34 heavy (non-hydrogen) atoms. The van der Waals surface area contributed by atoms with Crippen LogP contribution in [0.15, 0.2) is 57.5 Å². The molecule has 1 N–H and O–H groups in total. The Labute approximate surface area is 207 Å². The topological polar surface area (TPSA) is 72.3 Å². The molecule has 0 spiro atoms. The minimum atomic E-state index is -0.381. The van der Waals surface area contributed by atoms with Gasteiger partial charge in [-0.25, -0.2) is 4.98 Å². The molecule has 2 aromatic heterocycles. The van der Waals surface area contributed by atoms with Crippen molar-refractivity contribution in [2.24, 2.45) is 0 Å². The van der Waals surface area contributed by atoms with Crippen molar-refractivity contribution in [3.63, 3.8) is 0 Å². The van der Waals surface area contributed by atoms with E-state index in [0.29, 0.717) is 44.6 Å². The van der Waals surface area contributed by atoms with E-state index in [-0.39, 0.29) is 5.56 Å². The lowest BCUT2D eigenvalue weighted by Crippen LogP contribution is -2.29. The average molecular weight is 498 g/mol. The van der Waals surface area contributed by atoms with Gasteiger partial charge in [-0.1, -0.05) is 41.4 Å². The molecule has 0 atom stereocenters. The number of nitrogens with zero attached hydrogens (tertiary/aromatic N) is 4. The van der Waals surface area contributed by atoms with Crippen LogP contribution < -0.4 is 15.7 Å². The Morgan fingerprint density at radius 2 is 2.00 bits per heavy atom. The molecule has 0 unspecified atom stereocenters. The number of allylic oxidation sites excluding steroid dienone is 4. The first-order chi connectivity index (χ1) is 16.5. The van der Waals surface area contributed by atoms with E-state index in [0.717, 1.165) is 36.5 Å². The monoisotopic (exact) mass is 497 g/mol. The first kappa shape index (κ1) is 22.9. The predicted molar refractivity (Wildman–Crippen MR) is 136 cm³/mol. The quantitative estimate of drug-likeness (QED) is 0.513. The largest absolute Gasteiger partial charge is 0.412 e. The molecule has 0 saturated carbocycles. The number of aromatic nitrogens is 3. The van der Waals surface area contributed by atoms with Gasteiger partial charge in [-0.05, 0) is 62.5 Å². The fourth-order valence-corrected chi connectivity index (χ4v) is 5.20. The lowest BCUT2D eigenvalue weighted by molar-refractivity contribution is 0.167. The first-order valence-electron chi connectivity index (χ1n) is 11.3. The smallest absolute Gasteiger partial charge is 0.293 e. The summed E-state index contributed by atoms with van der Waals surface area (Å²) >= 11 is 12.8. The fraction of sp³-hybridized carbons (Fsp3) is 0.320. The van der Waals surface area contributed by atoms with E-state index < -0.39 is 0 Å². The van der Waals surface area contributed by atoms with E-state index in [1.54, 1.807) is 12.3 Å². The van der Waals surface area contributed by atoms with Gasteiger partial charge in [-0.3, -0.25) is 9.69 Å².